The van der Waals surface area contributed by atoms with E-state index in [2.05, 4.69) is 52.5 Å². The molecule has 0 aromatic carbocycles. The zero-order chi connectivity index (χ0) is 19.5. The van der Waals surface area contributed by atoms with Gasteiger partial charge in [-0.15, -0.1) is 0 Å². The Bertz CT molecular complexity index is 742. The van der Waals surface area contributed by atoms with Crippen LogP contribution in [0.1, 0.15) is 53.9 Å². The monoisotopic (exact) mass is 352 g/mol. The molecule has 1 N–H and O–H groups in total. The van der Waals surface area contributed by atoms with Crippen molar-refractivity contribution < 1.29 is 9.90 Å². The molecule has 0 heterocycles. The third-order valence-electron chi connectivity index (χ3n) is 6.29. The summed E-state index contributed by atoms with van der Waals surface area (Å²) in [5, 5.41) is 8.76. The van der Waals surface area contributed by atoms with Crippen LogP contribution in [0.15, 0.2) is 70.9 Å². The van der Waals surface area contributed by atoms with Crippen LogP contribution >= 0.6 is 0 Å². The van der Waals surface area contributed by atoms with Crippen LogP contribution < -0.4 is 0 Å². The van der Waals surface area contributed by atoms with E-state index in [1.807, 2.05) is 12.2 Å². The molecule has 26 heavy (non-hydrogen) atoms. The first-order chi connectivity index (χ1) is 12.1. The Morgan fingerprint density at radius 3 is 2.65 bits per heavy atom. The average Bonchev–Trinajstić information content (AvgIpc) is 2.54. The third-order valence-corrected chi connectivity index (χ3v) is 6.29. The molecule has 0 unspecified atom stereocenters. The van der Waals surface area contributed by atoms with E-state index in [4.69, 9.17) is 5.11 Å². The van der Waals surface area contributed by atoms with E-state index >= 15 is 0 Å². The van der Waals surface area contributed by atoms with Crippen molar-refractivity contribution in [2.75, 3.05) is 0 Å². The molecule has 1 fully saturated rings. The van der Waals surface area contributed by atoms with E-state index in [-0.39, 0.29) is 5.41 Å². The summed E-state index contributed by atoms with van der Waals surface area (Å²) in [7, 11) is 0. The fraction of sp³-hybridized carbons (Fsp3) is 0.458. The number of carboxylic acid groups (broad SMARTS) is 1. The van der Waals surface area contributed by atoms with E-state index in [9.17, 15) is 4.79 Å². The van der Waals surface area contributed by atoms with Crippen LogP contribution in [0.5, 0.6) is 0 Å². The maximum absolute atomic E-state index is 10.7. The molecule has 3 atom stereocenters. The lowest BCUT2D eigenvalue weighted by Gasteiger charge is -2.48. The number of allylic oxidation sites excluding steroid dienone is 10. The van der Waals surface area contributed by atoms with Gasteiger partial charge in [-0.05, 0) is 74.0 Å². The fourth-order valence-electron chi connectivity index (χ4n) is 4.34. The number of carboxylic acids is 1. The van der Waals surface area contributed by atoms with Gasteiger partial charge in [0, 0.05) is 6.08 Å². The molecule has 0 aromatic rings. The topological polar surface area (TPSA) is 37.3 Å². The zero-order valence-corrected chi connectivity index (χ0v) is 16.8. The number of fused-ring (bicyclic) bond motifs is 1. The van der Waals surface area contributed by atoms with E-state index in [0.717, 1.165) is 18.4 Å². The second-order valence-electron chi connectivity index (χ2n) is 8.17. The molecular formula is C24H32O2. The van der Waals surface area contributed by atoms with Crippen molar-refractivity contribution >= 4 is 5.97 Å². The molecule has 2 heteroatoms. The Morgan fingerprint density at radius 2 is 2.04 bits per heavy atom. The van der Waals surface area contributed by atoms with Crippen LogP contribution in [0, 0.1) is 17.3 Å². The predicted molar refractivity (Wildman–Crippen MR) is 110 cm³/mol. The predicted octanol–water partition coefficient (Wildman–Crippen LogP) is 6.40. The van der Waals surface area contributed by atoms with Crippen molar-refractivity contribution in [3.63, 3.8) is 0 Å². The van der Waals surface area contributed by atoms with Crippen LogP contribution in [-0.2, 0) is 4.79 Å². The Morgan fingerprint density at radius 1 is 1.35 bits per heavy atom. The molecule has 0 aliphatic heterocycles. The summed E-state index contributed by atoms with van der Waals surface area (Å²) in [5.41, 5.74) is 6.37. The first-order valence-corrected chi connectivity index (χ1v) is 9.48. The highest BCUT2D eigenvalue weighted by Crippen LogP contribution is 2.54. The standard InChI is InChI=1S/C24H32O2/c1-16(2)22-11-10-21-15-20(12-13-24(21,6)19(22)5)18(4)9-7-8-17(3)14-23(25)26/h7-9,12,14-15,19,22H,1,10-11,13H2,2-6H3,(H,25,26)/b8-7+,17-14+,18-9-/t19-,22-,24+/m0/s1. The van der Waals surface area contributed by atoms with Crippen molar-refractivity contribution in [1.29, 1.82) is 0 Å². The Kier molecular flexibility index (Phi) is 6.28. The van der Waals surface area contributed by atoms with Gasteiger partial charge in [0.15, 0.2) is 0 Å². The van der Waals surface area contributed by atoms with Gasteiger partial charge >= 0.3 is 5.97 Å². The van der Waals surface area contributed by atoms with Crippen LogP contribution in [0.3, 0.4) is 0 Å². The molecule has 1 saturated carbocycles. The molecule has 2 aliphatic rings. The van der Waals surface area contributed by atoms with Crippen LogP contribution in [0.25, 0.3) is 0 Å². The van der Waals surface area contributed by atoms with Gasteiger partial charge in [-0.1, -0.05) is 62.0 Å². The maximum Gasteiger partial charge on any atom is 0.328 e. The molecule has 0 saturated heterocycles. The largest absolute Gasteiger partial charge is 0.478 e. The molecule has 140 valence electrons. The zero-order valence-electron chi connectivity index (χ0n) is 16.8. The summed E-state index contributed by atoms with van der Waals surface area (Å²) < 4.78 is 0. The lowest BCUT2D eigenvalue weighted by atomic mass is 9.56. The van der Waals surface area contributed by atoms with Gasteiger partial charge in [-0.2, -0.15) is 0 Å². The number of carbonyl (C=O) groups is 1. The second-order valence-corrected chi connectivity index (χ2v) is 8.17. The van der Waals surface area contributed by atoms with Gasteiger partial charge in [-0.25, -0.2) is 4.79 Å². The lowest BCUT2D eigenvalue weighted by Crippen LogP contribution is -2.38. The number of hydrogen-bond acceptors (Lipinski definition) is 1. The third kappa shape index (κ3) is 4.35. The van der Waals surface area contributed by atoms with Crippen LogP contribution in [-0.4, -0.2) is 11.1 Å². The SMILES string of the molecule is C=C(C)[C@@H]1CCC2=CC(\C(C)=C/C=C/C(C)=C/C(=O)O)=CC[C@]2(C)[C@H]1C. The van der Waals surface area contributed by atoms with Gasteiger partial charge in [-0.3, -0.25) is 0 Å². The van der Waals surface area contributed by atoms with Gasteiger partial charge in [0.05, 0.1) is 0 Å². The molecule has 0 bridgehead atoms. The quantitative estimate of drug-likeness (QED) is 0.353. The average molecular weight is 353 g/mol. The molecule has 2 rings (SSSR count). The highest BCUT2D eigenvalue weighted by atomic mass is 16.4. The minimum atomic E-state index is -0.911. The molecule has 0 amide bonds. The second kappa shape index (κ2) is 8.07. The molecule has 2 aliphatic carbocycles. The van der Waals surface area contributed by atoms with Gasteiger partial charge in [0.25, 0.3) is 0 Å². The highest BCUT2D eigenvalue weighted by molar-refractivity contribution is 5.81. The van der Waals surface area contributed by atoms with Gasteiger partial charge in [0.1, 0.15) is 0 Å². The van der Waals surface area contributed by atoms with E-state index in [1.54, 1.807) is 12.5 Å². The van der Waals surface area contributed by atoms with Gasteiger partial charge < -0.3 is 5.11 Å². The normalized spacial score (nSPS) is 29.9. The summed E-state index contributed by atoms with van der Waals surface area (Å²) in [6.45, 7) is 15.1. The minimum absolute atomic E-state index is 0.238. The number of aliphatic carboxylic acids is 1. The first-order valence-electron chi connectivity index (χ1n) is 9.48. The molecular weight excluding hydrogens is 320 g/mol. The Hall–Kier alpha value is -2.09. The summed E-state index contributed by atoms with van der Waals surface area (Å²) in [5.74, 6) is 0.327. The van der Waals surface area contributed by atoms with E-state index in [1.165, 1.54) is 29.2 Å². The van der Waals surface area contributed by atoms with Crippen molar-refractivity contribution in [2.24, 2.45) is 17.3 Å². The van der Waals surface area contributed by atoms with Crippen molar-refractivity contribution in [3.8, 4) is 0 Å². The molecule has 0 radical (unpaired) electrons. The Labute approximate surface area is 158 Å². The van der Waals surface area contributed by atoms with Crippen LogP contribution in [0.2, 0.25) is 0 Å². The fourth-order valence-corrected chi connectivity index (χ4v) is 4.34. The van der Waals surface area contributed by atoms with Crippen molar-refractivity contribution in [3.05, 3.63) is 70.9 Å². The Balaban J connectivity index is 2.17. The molecule has 0 aromatic heterocycles. The van der Waals surface area contributed by atoms with Gasteiger partial charge in [0.2, 0.25) is 0 Å². The van der Waals surface area contributed by atoms with Crippen molar-refractivity contribution in [2.45, 2.75) is 53.9 Å². The molecule has 2 nitrogen and oxygen atoms in total. The maximum atomic E-state index is 10.7. The van der Waals surface area contributed by atoms with Crippen LogP contribution in [0.4, 0.5) is 0 Å². The van der Waals surface area contributed by atoms with Crippen molar-refractivity contribution in [1.82, 2.24) is 0 Å². The summed E-state index contributed by atoms with van der Waals surface area (Å²) in [6.07, 6.45) is 15.2. The van der Waals surface area contributed by atoms with E-state index in [0.29, 0.717) is 11.8 Å². The lowest BCUT2D eigenvalue weighted by molar-refractivity contribution is -0.131. The highest BCUT2D eigenvalue weighted by Gasteiger charge is 2.43. The van der Waals surface area contributed by atoms with E-state index < -0.39 is 5.97 Å². The smallest absolute Gasteiger partial charge is 0.328 e. The summed E-state index contributed by atoms with van der Waals surface area (Å²) >= 11 is 0. The molecule has 0 spiro atoms. The number of rotatable bonds is 5. The minimum Gasteiger partial charge on any atom is -0.478 e. The first kappa shape index (κ1) is 20.2. The summed E-state index contributed by atoms with van der Waals surface area (Å²) in [4.78, 5) is 10.7. The summed E-state index contributed by atoms with van der Waals surface area (Å²) in [6, 6.07) is 0. The number of hydrogen-bond donors (Lipinski definition) is 1.